The molecule has 1 aromatic carbocycles. The number of nitrogens with one attached hydrogen (secondary N) is 3. The van der Waals surface area contributed by atoms with Gasteiger partial charge in [0.1, 0.15) is 11.6 Å². The highest BCUT2D eigenvalue weighted by atomic mass is 32.1. The molecule has 0 bridgehead atoms. The molecule has 10 heteroatoms. The van der Waals surface area contributed by atoms with Crippen LogP contribution in [0.25, 0.3) is 16.4 Å². The second-order valence-electron chi connectivity index (χ2n) is 7.50. The van der Waals surface area contributed by atoms with Crippen molar-refractivity contribution >= 4 is 28.1 Å². The van der Waals surface area contributed by atoms with Crippen LogP contribution in [0.2, 0.25) is 0 Å². The van der Waals surface area contributed by atoms with E-state index >= 15 is 0 Å². The number of anilines is 3. The molecule has 158 valence electrons. The fourth-order valence-corrected chi connectivity index (χ4v) is 4.27. The summed E-state index contributed by atoms with van der Waals surface area (Å²) < 4.78 is 0. The summed E-state index contributed by atoms with van der Waals surface area (Å²) in [4.78, 5) is 11.5. The highest BCUT2D eigenvalue weighted by molar-refractivity contribution is 7.18. The summed E-state index contributed by atoms with van der Waals surface area (Å²) in [7, 11) is 0. The lowest BCUT2D eigenvalue weighted by Crippen LogP contribution is -2.38. The molecule has 4 aromatic rings. The van der Waals surface area contributed by atoms with Gasteiger partial charge in [0.05, 0.1) is 16.8 Å². The molecule has 1 fully saturated rings. The molecule has 0 unspecified atom stereocenters. The zero-order chi connectivity index (χ0) is 21.0. The molecule has 0 aliphatic carbocycles. The maximum absolute atomic E-state index is 4.72. The van der Waals surface area contributed by atoms with Crippen molar-refractivity contribution in [3.63, 3.8) is 0 Å². The van der Waals surface area contributed by atoms with Gasteiger partial charge in [-0.25, -0.2) is 9.97 Å². The Morgan fingerprint density at radius 3 is 2.87 bits per heavy atom. The lowest BCUT2D eigenvalue weighted by atomic mass is 10.1. The standard InChI is InChI=1S/C21H23N9S/c1-14-10-18(24-15-6-5-9-22-12-15)25-19(11-14)26-21-23-13-17(31-21)20-27-29-30(28-20)16-7-3-2-4-8-16/h2-4,7-8,10-11,13,15,22H,5-6,9,12H2,1H3,(H2,23,24,25,26)/t15-/m0/s1. The van der Waals surface area contributed by atoms with Crippen LogP contribution in [-0.2, 0) is 0 Å². The van der Waals surface area contributed by atoms with Crippen LogP contribution in [0.3, 0.4) is 0 Å². The molecule has 0 radical (unpaired) electrons. The van der Waals surface area contributed by atoms with Gasteiger partial charge in [-0.05, 0) is 61.4 Å². The molecule has 1 aliphatic heterocycles. The zero-order valence-corrected chi connectivity index (χ0v) is 17.9. The summed E-state index contributed by atoms with van der Waals surface area (Å²) in [5, 5.41) is 23.8. The Morgan fingerprint density at radius 1 is 1.16 bits per heavy atom. The van der Waals surface area contributed by atoms with Gasteiger partial charge in [-0.1, -0.05) is 29.5 Å². The molecule has 4 heterocycles. The van der Waals surface area contributed by atoms with Crippen LogP contribution in [0.5, 0.6) is 0 Å². The zero-order valence-electron chi connectivity index (χ0n) is 17.1. The summed E-state index contributed by atoms with van der Waals surface area (Å²) in [6, 6.07) is 14.2. The van der Waals surface area contributed by atoms with Gasteiger partial charge in [0.25, 0.3) is 0 Å². The minimum absolute atomic E-state index is 0.403. The predicted molar refractivity (Wildman–Crippen MR) is 122 cm³/mol. The molecule has 9 nitrogen and oxygen atoms in total. The number of aromatic nitrogens is 6. The third-order valence-electron chi connectivity index (χ3n) is 4.98. The van der Waals surface area contributed by atoms with Gasteiger partial charge in [-0.15, -0.1) is 15.0 Å². The number of hydrogen-bond donors (Lipinski definition) is 3. The number of pyridine rings is 1. The Labute approximate surface area is 183 Å². The average Bonchev–Trinajstić information content (AvgIpc) is 3.44. The van der Waals surface area contributed by atoms with Gasteiger partial charge >= 0.3 is 0 Å². The van der Waals surface area contributed by atoms with Crippen molar-refractivity contribution in [2.24, 2.45) is 0 Å². The van der Waals surface area contributed by atoms with Gasteiger partial charge in [-0.3, -0.25) is 0 Å². The van der Waals surface area contributed by atoms with Gasteiger partial charge < -0.3 is 16.0 Å². The Bertz CT molecular complexity index is 1150. The first-order valence-corrected chi connectivity index (χ1v) is 11.1. The van der Waals surface area contributed by atoms with Crippen molar-refractivity contribution in [3.8, 4) is 16.4 Å². The van der Waals surface area contributed by atoms with E-state index in [0.29, 0.717) is 11.9 Å². The van der Waals surface area contributed by atoms with Crippen molar-refractivity contribution in [1.82, 2.24) is 35.5 Å². The average molecular weight is 434 g/mol. The summed E-state index contributed by atoms with van der Waals surface area (Å²) in [6.45, 7) is 4.12. The topological polar surface area (TPSA) is 105 Å². The van der Waals surface area contributed by atoms with E-state index in [1.54, 1.807) is 6.20 Å². The number of nitrogens with zero attached hydrogens (tertiary/aromatic N) is 6. The number of tetrazole rings is 1. The minimum atomic E-state index is 0.403. The number of rotatable bonds is 6. The first-order chi connectivity index (χ1) is 15.2. The molecule has 0 amide bonds. The van der Waals surface area contributed by atoms with Crippen LogP contribution in [-0.4, -0.2) is 49.3 Å². The molecular formula is C21H23N9S. The highest BCUT2D eigenvalue weighted by Gasteiger charge is 2.15. The fraction of sp³-hybridized carbons (Fsp3) is 0.286. The number of piperidine rings is 1. The lowest BCUT2D eigenvalue weighted by Gasteiger charge is -2.24. The largest absolute Gasteiger partial charge is 0.366 e. The van der Waals surface area contributed by atoms with Crippen LogP contribution in [0.1, 0.15) is 18.4 Å². The summed E-state index contributed by atoms with van der Waals surface area (Å²) in [6.07, 6.45) is 4.08. The smallest absolute Gasteiger partial charge is 0.216 e. The van der Waals surface area contributed by atoms with E-state index in [-0.39, 0.29) is 0 Å². The third kappa shape index (κ3) is 4.70. The minimum Gasteiger partial charge on any atom is -0.366 e. The molecule has 1 atom stereocenters. The van der Waals surface area contributed by atoms with E-state index in [1.165, 1.54) is 22.6 Å². The van der Waals surface area contributed by atoms with Crippen molar-refractivity contribution in [1.29, 1.82) is 0 Å². The van der Waals surface area contributed by atoms with Gasteiger partial charge in [0.15, 0.2) is 5.13 Å². The number of aryl methyl sites for hydroxylation is 1. The molecule has 1 aliphatic rings. The molecule has 0 saturated carbocycles. The van der Waals surface area contributed by atoms with E-state index < -0.39 is 0 Å². The number of thiazole rings is 1. The summed E-state index contributed by atoms with van der Waals surface area (Å²) in [5.74, 6) is 2.17. The molecule has 3 aromatic heterocycles. The van der Waals surface area contributed by atoms with Crippen LogP contribution in [0.15, 0.2) is 48.7 Å². The Balaban J connectivity index is 1.30. The summed E-state index contributed by atoms with van der Waals surface area (Å²) >= 11 is 1.47. The van der Waals surface area contributed by atoms with Gasteiger partial charge in [0, 0.05) is 12.6 Å². The maximum atomic E-state index is 4.72. The van der Waals surface area contributed by atoms with Gasteiger partial charge in [-0.2, -0.15) is 0 Å². The van der Waals surface area contributed by atoms with E-state index in [9.17, 15) is 0 Å². The maximum Gasteiger partial charge on any atom is 0.216 e. The predicted octanol–water partition coefficient (Wildman–Crippen LogP) is 3.40. The first-order valence-electron chi connectivity index (χ1n) is 10.3. The van der Waals surface area contributed by atoms with E-state index in [2.05, 4.69) is 49.3 Å². The molecular weight excluding hydrogens is 410 g/mol. The molecule has 3 N–H and O–H groups in total. The quantitative estimate of drug-likeness (QED) is 0.425. The number of para-hydroxylation sites is 1. The lowest BCUT2D eigenvalue weighted by molar-refractivity contribution is 0.479. The second kappa shape index (κ2) is 8.78. The normalized spacial score (nSPS) is 16.2. The van der Waals surface area contributed by atoms with Crippen LogP contribution < -0.4 is 16.0 Å². The van der Waals surface area contributed by atoms with Gasteiger partial charge in [0.2, 0.25) is 5.82 Å². The SMILES string of the molecule is Cc1cc(Nc2ncc(-c3nnn(-c4ccccc4)n3)s2)nc(N[C@H]2CCCNC2)c1. The van der Waals surface area contributed by atoms with Crippen LogP contribution in [0, 0.1) is 6.92 Å². The van der Waals surface area contributed by atoms with Crippen molar-refractivity contribution in [2.75, 3.05) is 23.7 Å². The monoisotopic (exact) mass is 433 g/mol. The molecule has 5 rings (SSSR count). The second-order valence-corrected chi connectivity index (χ2v) is 8.53. The highest BCUT2D eigenvalue weighted by Crippen LogP contribution is 2.29. The van der Waals surface area contributed by atoms with Crippen molar-refractivity contribution < 1.29 is 0 Å². The van der Waals surface area contributed by atoms with Crippen LogP contribution in [0.4, 0.5) is 16.8 Å². The molecule has 1 saturated heterocycles. The van der Waals surface area contributed by atoms with Crippen molar-refractivity contribution in [2.45, 2.75) is 25.8 Å². The third-order valence-corrected chi connectivity index (χ3v) is 5.89. The fourth-order valence-electron chi connectivity index (χ4n) is 3.52. The summed E-state index contributed by atoms with van der Waals surface area (Å²) in [5.41, 5.74) is 1.99. The Morgan fingerprint density at radius 2 is 2.03 bits per heavy atom. The van der Waals surface area contributed by atoms with E-state index in [4.69, 9.17) is 4.98 Å². The molecule has 0 spiro atoms. The first kappa shape index (κ1) is 19.6. The van der Waals surface area contributed by atoms with Crippen molar-refractivity contribution in [3.05, 3.63) is 54.2 Å². The van der Waals surface area contributed by atoms with E-state index in [0.717, 1.165) is 52.4 Å². The van der Waals surface area contributed by atoms with Crippen LogP contribution >= 0.6 is 11.3 Å². The van der Waals surface area contributed by atoms with E-state index in [1.807, 2.05) is 36.4 Å². The Hall–Kier alpha value is -3.37. The number of benzene rings is 1. The molecule has 31 heavy (non-hydrogen) atoms. The number of hydrogen-bond acceptors (Lipinski definition) is 9. The Kier molecular flexibility index (Phi) is 5.55.